The highest BCUT2D eigenvalue weighted by molar-refractivity contribution is 7.89. The molecule has 0 radical (unpaired) electrons. The molecule has 0 saturated heterocycles. The van der Waals surface area contributed by atoms with Gasteiger partial charge in [0, 0.05) is 11.2 Å². The molecule has 4 saturated carbocycles. The number of hydrogen-bond acceptors (Lipinski definition) is 7. The Labute approximate surface area is 182 Å². The summed E-state index contributed by atoms with van der Waals surface area (Å²) >= 11 is 0. The lowest BCUT2D eigenvalue weighted by molar-refractivity contribution is -0.138. The maximum atomic E-state index is 13.1. The lowest BCUT2D eigenvalue weighted by Gasteiger charge is -2.56. The number of rotatable bonds is 7. The molecule has 0 heterocycles. The van der Waals surface area contributed by atoms with Crippen molar-refractivity contribution in [3.8, 4) is 0 Å². The lowest BCUT2D eigenvalue weighted by atomic mass is 9.53. The van der Waals surface area contributed by atoms with Gasteiger partial charge in [-0.1, -0.05) is 0 Å². The van der Waals surface area contributed by atoms with E-state index in [1.807, 2.05) is 0 Å². The molecule has 4 bridgehead atoms. The summed E-state index contributed by atoms with van der Waals surface area (Å²) in [7, 11) is -1.28. The average molecular weight is 449 g/mol. The summed E-state index contributed by atoms with van der Waals surface area (Å²) in [6.45, 7) is 0. The first kappa shape index (κ1) is 21.8. The second kappa shape index (κ2) is 8.27. The monoisotopic (exact) mass is 448 g/mol. The summed E-state index contributed by atoms with van der Waals surface area (Å²) in [5.74, 6) is 0.453. The highest BCUT2D eigenvalue weighted by Gasteiger charge is 2.52. The quantitative estimate of drug-likeness (QED) is 0.487. The molecule has 4 aliphatic rings. The Morgan fingerprint density at radius 3 is 2.00 bits per heavy atom. The highest BCUT2D eigenvalue weighted by atomic mass is 32.2. The third kappa shape index (κ3) is 4.62. The maximum Gasteiger partial charge on any atom is 0.354 e. The van der Waals surface area contributed by atoms with Crippen LogP contribution in [0.1, 0.15) is 38.5 Å². The van der Waals surface area contributed by atoms with Crippen LogP contribution in [0.25, 0.3) is 0 Å². The van der Waals surface area contributed by atoms with Gasteiger partial charge in [-0.25, -0.2) is 22.7 Å². The molecule has 168 valence electrons. The average Bonchev–Trinajstić information content (AvgIpc) is 2.71. The Morgan fingerprint density at radius 2 is 1.52 bits per heavy atom. The van der Waals surface area contributed by atoms with Gasteiger partial charge >= 0.3 is 11.9 Å². The second-order valence-electron chi connectivity index (χ2n) is 9.03. The molecular formula is C22H28N2O6S. The van der Waals surface area contributed by atoms with Crippen LogP contribution in [-0.4, -0.2) is 40.1 Å². The molecule has 0 unspecified atom stereocenters. The summed E-state index contributed by atoms with van der Waals surface area (Å²) < 4.78 is 38.5. The fraction of sp³-hybridized carbons (Fsp3) is 0.545. The molecule has 2 N–H and O–H groups in total. The standard InChI is InChI=1S/C22H28N2O6S/c1-29-20(25)10-19(21(26)30-2)23-17-3-5-18(6-4-17)31(27,28)24-22-11-14-7-15(12-22)9-16(8-14)13-22/h3-6,10,14-16,23-24H,7-9,11-13H2,1-2H3/b19-10+. The first-order valence-corrected chi connectivity index (χ1v) is 12.0. The van der Waals surface area contributed by atoms with Crippen molar-refractivity contribution in [3.63, 3.8) is 0 Å². The van der Waals surface area contributed by atoms with Gasteiger partial charge in [0.2, 0.25) is 10.0 Å². The van der Waals surface area contributed by atoms with Crippen LogP contribution in [0.5, 0.6) is 0 Å². The molecule has 0 aliphatic heterocycles. The molecule has 0 atom stereocenters. The van der Waals surface area contributed by atoms with Crippen LogP contribution in [-0.2, 0) is 29.1 Å². The Hall–Kier alpha value is -2.39. The van der Waals surface area contributed by atoms with E-state index in [-0.39, 0.29) is 16.1 Å². The Bertz CT molecular complexity index is 964. The van der Waals surface area contributed by atoms with E-state index in [0.717, 1.165) is 25.3 Å². The van der Waals surface area contributed by atoms with Crippen LogP contribution < -0.4 is 10.0 Å². The number of hydrogen-bond donors (Lipinski definition) is 2. The number of sulfonamides is 1. The zero-order chi connectivity index (χ0) is 22.2. The predicted molar refractivity (Wildman–Crippen MR) is 113 cm³/mol. The summed E-state index contributed by atoms with van der Waals surface area (Å²) in [5, 5.41) is 2.77. The number of carbonyl (C=O) groups excluding carboxylic acids is 2. The van der Waals surface area contributed by atoms with Crippen LogP contribution in [0, 0.1) is 17.8 Å². The molecule has 4 fully saturated rings. The number of ether oxygens (including phenoxy) is 2. The maximum absolute atomic E-state index is 13.1. The normalized spacial score (nSPS) is 29.5. The number of benzene rings is 1. The smallest absolute Gasteiger partial charge is 0.354 e. The van der Waals surface area contributed by atoms with Crippen LogP contribution in [0.15, 0.2) is 40.9 Å². The molecule has 8 nitrogen and oxygen atoms in total. The fourth-order valence-electron chi connectivity index (χ4n) is 5.89. The topological polar surface area (TPSA) is 111 Å². The van der Waals surface area contributed by atoms with Gasteiger partial charge in [0.15, 0.2) is 0 Å². The van der Waals surface area contributed by atoms with Gasteiger partial charge in [0.25, 0.3) is 0 Å². The molecule has 0 aromatic heterocycles. The summed E-state index contributed by atoms with van der Waals surface area (Å²) in [6.07, 6.45) is 7.48. The minimum Gasteiger partial charge on any atom is -0.466 e. The molecule has 1 aromatic carbocycles. The van der Waals surface area contributed by atoms with Crippen molar-refractivity contribution in [3.05, 3.63) is 36.0 Å². The minimum atomic E-state index is -3.67. The molecule has 1 aromatic rings. The van der Waals surface area contributed by atoms with E-state index in [4.69, 9.17) is 0 Å². The van der Waals surface area contributed by atoms with E-state index in [9.17, 15) is 18.0 Å². The summed E-state index contributed by atoms with van der Waals surface area (Å²) in [6, 6.07) is 6.06. The molecule has 9 heteroatoms. The van der Waals surface area contributed by atoms with E-state index in [0.29, 0.717) is 23.4 Å². The van der Waals surface area contributed by atoms with Crippen molar-refractivity contribution in [1.29, 1.82) is 0 Å². The minimum absolute atomic E-state index is 0.114. The SMILES string of the molecule is COC(=O)/C=C(/Nc1ccc(S(=O)(=O)NC23CC4CC(CC(C4)C2)C3)cc1)C(=O)OC. The summed E-state index contributed by atoms with van der Waals surface area (Å²) in [4.78, 5) is 23.5. The van der Waals surface area contributed by atoms with Gasteiger partial charge in [-0.3, -0.25) is 0 Å². The van der Waals surface area contributed by atoms with Crippen LogP contribution in [0.2, 0.25) is 0 Å². The third-order valence-corrected chi connectivity index (χ3v) is 8.30. The second-order valence-corrected chi connectivity index (χ2v) is 10.7. The van der Waals surface area contributed by atoms with Gasteiger partial charge in [0.1, 0.15) is 5.70 Å². The van der Waals surface area contributed by atoms with E-state index in [1.54, 1.807) is 12.1 Å². The number of nitrogens with one attached hydrogen (secondary N) is 2. The number of carbonyl (C=O) groups is 2. The first-order chi connectivity index (χ1) is 14.7. The molecule has 31 heavy (non-hydrogen) atoms. The predicted octanol–water partition coefficient (Wildman–Crippen LogP) is 2.58. The molecule has 0 spiro atoms. The van der Waals surface area contributed by atoms with Gasteiger partial charge < -0.3 is 14.8 Å². The van der Waals surface area contributed by atoms with Gasteiger partial charge in [-0.05, 0) is 80.5 Å². The van der Waals surface area contributed by atoms with Crippen molar-refractivity contribution in [1.82, 2.24) is 4.72 Å². The van der Waals surface area contributed by atoms with E-state index < -0.39 is 22.0 Å². The van der Waals surface area contributed by atoms with Crippen LogP contribution >= 0.6 is 0 Å². The number of methoxy groups -OCH3 is 2. The Kier molecular flexibility index (Phi) is 5.83. The lowest BCUT2D eigenvalue weighted by Crippen LogP contribution is -2.59. The Balaban J connectivity index is 1.49. The third-order valence-electron chi connectivity index (χ3n) is 6.70. The van der Waals surface area contributed by atoms with E-state index in [2.05, 4.69) is 19.5 Å². The molecule has 0 amide bonds. The fourth-order valence-corrected chi connectivity index (χ4v) is 7.32. The van der Waals surface area contributed by atoms with E-state index in [1.165, 1.54) is 45.6 Å². The van der Waals surface area contributed by atoms with Crippen LogP contribution in [0.4, 0.5) is 5.69 Å². The van der Waals surface area contributed by atoms with E-state index >= 15 is 0 Å². The van der Waals surface area contributed by atoms with Crippen LogP contribution in [0.3, 0.4) is 0 Å². The summed E-state index contributed by atoms with van der Waals surface area (Å²) in [5.41, 5.74) is 0.0113. The first-order valence-electron chi connectivity index (χ1n) is 10.5. The molecule has 4 aliphatic carbocycles. The highest BCUT2D eigenvalue weighted by Crippen LogP contribution is 2.55. The number of anilines is 1. The van der Waals surface area contributed by atoms with Crippen molar-refractivity contribution in [2.75, 3.05) is 19.5 Å². The van der Waals surface area contributed by atoms with Crippen molar-refractivity contribution in [2.45, 2.75) is 49.0 Å². The zero-order valence-electron chi connectivity index (χ0n) is 17.7. The Morgan fingerprint density at radius 1 is 0.968 bits per heavy atom. The molecule has 5 rings (SSSR count). The van der Waals surface area contributed by atoms with Crippen molar-refractivity contribution >= 4 is 27.6 Å². The van der Waals surface area contributed by atoms with Crippen molar-refractivity contribution < 1.29 is 27.5 Å². The largest absolute Gasteiger partial charge is 0.466 e. The number of esters is 2. The zero-order valence-corrected chi connectivity index (χ0v) is 18.5. The van der Waals surface area contributed by atoms with Gasteiger partial charge in [-0.2, -0.15) is 0 Å². The van der Waals surface area contributed by atoms with Gasteiger partial charge in [0.05, 0.1) is 25.2 Å². The van der Waals surface area contributed by atoms with Crippen molar-refractivity contribution in [2.24, 2.45) is 17.8 Å². The van der Waals surface area contributed by atoms with Gasteiger partial charge in [-0.15, -0.1) is 0 Å². The molecular weight excluding hydrogens is 420 g/mol.